The minimum absolute atomic E-state index is 0.00600. The Morgan fingerprint density at radius 3 is 1.60 bits per heavy atom. The molecule has 39 atom stereocenters. The molecule has 6 aliphatic heterocycles. The monoisotopic (exact) mass is 1410 g/mol. The predicted octanol–water partition coefficient (Wildman–Crippen LogP) is -5.66. The van der Waals surface area contributed by atoms with E-state index in [4.69, 9.17) is 56.8 Å². The number of rotatable bonds is 16. The molecule has 0 radical (unpaired) electrons. The fourth-order valence-corrected chi connectivity index (χ4v) is 19.2. The van der Waals surface area contributed by atoms with Crippen LogP contribution in [0.25, 0.3) is 0 Å². The van der Waals surface area contributed by atoms with E-state index in [2.05, 4.69) is 20.8 Å². The summed E-state index contributed by atoms with van der Waals surface area (Å²) in [5.74, 6) is -3.82. The molecule has 5 aliphatic carbocycles. The van der Waals surface area contributed by atoms with Gasteiger partial charge in [-0.1, -0.05) is 39.3 Å². The highest BCUT2D eigenvalue weighted by molar-refractivity contribution is 5.79. The molecular weight excluding hydrogens is 1310 g/mol. The van der Waals surface area contributed by atoms with Crippen LogP contribution in [0.1, 0.15) is 113 Å². The molecule has 11 rings (SSSR count). The van der Waals surface area contributed by atoms with Gasteiger partial charge in [-0.15, -0.1) is 0 Å². The number of hydrogen-bond donors (Lipinski definition) is 19. The number of fused-ring (bicyclic) bond motifs is 7. The van der Waals surface area contributed by atoms with Gasteiger partial charge in [-0.25, -0.2) is 0 Å². The minimum atomic E-state index is -2.11. The normalized spacial score (nSPS) is 55.0. The molecule has 19 N–H and O–H groups in total. The molecular formula is C65H104O33. The summed E-state index contributed by atoms with van der Waals surface area (Å²) in [6.45, 7) is 11.3. The number of esters is 1. The summed E-state index contributed by atoms with van der Waals surface area (Å²) in [6, 6.07) is 0. The van der Waals surface area contributed by atoms with Crippen LogP contribution in [0.5, 0.6) is 0 Å². The number of carboxylic acids is 1. The zero-order valence-electron chi connectivity index (χ0n) is 56.1. The molecule has 0 aromatic rings. The van der Waals surface area contributed by atoms with E-state index in [1.807, 2.05) is 13.0 Å². The van der Waals surface area contributed by atoms with Crippen molar-refractivity contribution < 1.29 is 163 Å². The van der Waals surface area contributed by atoms with Crippen molar-refractivity contribution in [3.8, 4) is 0 Å². The first kappa shape index (κ1) is 76.6. The fourth-order valence-electron chi connectivity index (χ4n) is 19.2. The van der Waals surface area contributed by atoms with Crippen molar-refractivity contribution in [2.75, 3.05) is 26.4 Å². The van der Waals surface area contributed by atoms with Gasteiger partial charge in [0, 0.05) is 5.41 Å². The third-order valence-electron chi connectivity index (χ3n) is 25.2. The third-order valence-corrected chi connectivity index (χ3v) is 25.2. The van der Waals surface area contributed by atoms with Crippen molar-refractivity contribution in [3.63, 3.8) is 0 Å². The summed E-state index contributed by atoms with van der Waals surface area (Å²) in [5.41, 5.74) is -5.64. The van der Waals surface area contributed by atoms with Crippen LogP contribution in [-0.2, 0) is 66.4 Å². The smallest absolute Gasteiger partial charge is 0.315 e. The zero-order chi connectivity index (χ0) is 71.7. The van der Waals surface area contributed by atoms with Crippen LogP contribution in [0.2, 0.25) is 0 Å². The van der Waals surface area contributed by atoms with Crippen LogP contribution in [0.3, 0.4) is 0 Å². The average Bonchev–Trinajstić information content (AvgIpc) is 0.669. The van der Waals surface area contributed by atoms with Crippen molar-refractivity contribution in [3.05, 3.63) is 11.6 Å². The summed E-state index contributed by atoms with van der Waals surface area (Å²) in [7, 11) is 0. The lowest BCUT2D eigenvalue weighted by atomic mass is 9.33. The minimum Gasteiger partial charge on any atom is -0.481 e. The summed E-state index contributed by atoms with van der Waals surface area (Å²) in [4.78, 5) is 29.9. The van der Waals surface area contributed by atoms with E-state index in [1.54, 1.807) is 0 Å². The number of aliphatic hydroxyl groups excluding tert-OH is 18. The number of carboxylic acid groups (broad SMARTS) is 1. The van der Waals surface area contributed by atoms with Crippen molar-refractivity contribution in [2.24, 2.45) is 50.2 Å². The molecule has 34 unspecified atom stereocenters. The number of hydrogen-bond acceptors (Lipinski definition) is 32. The lowest BCUT2D eigenvalue weighted by molar-refractivity contribution is -0.392. The summed E-state index contributed by atoms with van der Waals surface area (Å²) in [6.07, 6.45) is -48.4. The molecule has 6 heterocycles. The molecule has 98 heavy (non-hydrogen) atoms. The predicted molar refractivity (Wildman–Crippen MR) is 323 cm³/mol. The van der Waals surface area contributed by atoms with Gasteiger partial charge in [0.25, 0.3) is 0 Å². The highest BCUT2D eigenvalue weighted by Gasteiger charge is 2.74. The van der Waals surface area contributed by atoms with Gasteiger partial charge < -0.3 is 154 Å². The molecule has 33 heteroatoms. The second kappa shape index (κ2) is 28.4. The van der Waals surface area contributed by atoms with E-state index in [9.17, 15) is 102 Å². The summed E-state index contributed by atoms with van der Waals surface area (Å²) in [5, 5.41) is 210. The van der Waals surface area contributed by atoms with Gasteiger partial charge in [0.1, 0.15) is 122 Å². The molecule has 562 valence electrons. The standard InChI is InChI=1S/C65H104O33/c1-23-34(70)39(75)44(80)53(88-23)95-49-35(71)24(2)89-57(50(49)96-54-47(83)42(78)48(25(3)90-54)94-52-43(79)38(74)31(21-87-52)93-55-45(81)40(76)36(72)29(19-66)91-55)98-59(86)64-14-13-60(4,5)17-27(64)26-9-10-32-61(6)18-28(69)51(97-56-46(82)41(77)37(73)30(20-67)92-56)63(8,58(84)85)33(61)11-12-62(32,7)65(26,22-68)16-15-64/h9,23-25,27-57,66-83H,10-22H2,1-8H3,(H,84,85)/t23?,24?,25?,27?,28?,29?,30?,31?,32?,33?,34?,35?,36?,37?,38?,39?,40?,41?,42?,43?,44?,45?,46?,47?,48?,49?,50?,51?,52?,53?,54?,55?,56?,57?,61-,62-,63+,64+,65+/m1/s1. The summed E-state index contributed by atoms with van der Waals surface area (Å²) < 4.78 is 72.2. The van der Waals surface area contributed by atoms with E-state index in [-0.39, 0.29) is 38.7 Å². The molecule has 0 aromatic heterocycles. The van der Waals surface area contributed by atoms with Crippen LogP contribution in [-0.4, -0.2) is 326 Å². The maximum absolute atomic E-state index is 16.0. The first-order valence-corrected chi connectivity index (χ1v) is 34.3. The Labute approximate surface area is 565 Å². The van der Waals surface area contributed by atoms with E-state index < -0.39 is 272 Å². The lowest BCUT2D eigenvalue weighted by Gasteiger charge is -2.71. The molecule has 0 spiro atoms. The fraction of sp³-hybridized carbons (Fsp3) is 0.938. The lowest BCUT2D eigenvalue weighted by Crippen LogP contribution is -2.71. The zero-order valence-corrected chi connectivity index (χ0v) is 56.1. The highest BCUT2D eigenvalue weighted by Crippen LogP contribution is 2.76. The largest absolute Gasteiger partial charge is 0.481 e. The SMILES string of the molecule is CC1OC(OC2C(O)C(C)OC(OC(=O)[C@]34CCC(C)(C)CC3C3=CCC5[C@@]6(C)CC(O)C(OC7OC(CO)C(O)C(O)C7O)[C@@](C)(C(=O)O)C6CC[C@@]5(C)[C@]3(CO)CC4)C2OC2OC(C)C(OC3OCC(OC4OC(CO)C(O)C(O)C4O)C(O)C3O)C(O)C2O)C(O)C(O)C1O. The number of carbonyl (C=O) groups is 2. The Hall–Kier alpha value is -2.48. The Morgan fingerprint density at radius 2 is 1.01 bits per heavy atom. The molecule has 4 saturated carbocycles. The molecule has 0 bridgehead atoms. The third kappa shape index (κ3) is 12.7. The number of ether oxygens (including phenoxy) is 12. The second-order valence-electron chi connectivity index (χ2n) is 31.2. The average molecular weight is 1410 g/mol. The number of allylic oxidation sites excluding steroid dienone is 1. The van der Waals surface area contributed by atoms with E-state index in [0.717, 1.165) is 5.57 Å². The van der Waals surface area contributed by atoms with Gasteiger partial charge in [0.2, 0.25) is 6.29 Å². The van der Waals surface area contributed by atoms with Crippen molar-refractivity contribution in [1.82, 2.24) is 0 Å². The van der Waals surface area contributed by atoms with Gasteiger partial charge >= 0.3 is 11.9 Å². The first-order valence-electron chi connectivity index (χ1n) is 34.3. The Bertz CT molecular complexity index is 2820. The maximum atomic E-state index is 16.0. The Balaban J connectivity index is 0.857. The van der Waals surface area contributed by atoms with Crippen molar-refractivity contribution in [1.29, 1.82) is 0 Å². The van der Waals surface area contributed by atoms with E-state index in [0.29, 0.717) is 25.7 Å². The number of aliphatic carboxylic acids is 1. The quantitative estimate of drug-likeness (QED) is 0.0389. The molecule has 6 saturated heterocycles. The second-order valence-corrected chi connectivity index (χ2v) is 31.2. The van der Waals surface area contributed by atoms with Crippen molar-refractivity contribution in [2.45, 2.75) is 304 Å². The van der Waals surface area contributed by atoms with Gasteiger partial charge in [-0.05, 0) is 119 Å². The highest BCUT2D eigenvalue weighted by atomic mass is 16.8. The van der Waals surface area contributed by atoms with Crippen LogP contribution < -0.4 is 0 Å². The molecule has 11 aliphatic rings. The molecule has 0 aromatic carbocycles. The van der Waals surface area contributed by atoms with Crippen LogP contribution in [0, 0.1) is 50.2 Å². The van der Waals surface area contributed by atoms with Gasteiger partial charge in [-0.3, -0.25) is 9.59 Å². The molecule has 0 amide bonds. The van der Waals surface area contributed by atoms with Crippen LogP contribution in [0.15, 0.2) is 11.6 Å². The molecule has 33 nitrogen and oxygen atoms in total. The first-order chi connectivity index (χ1) is 45.9. The van der Waals surface area contributed by atoms with Gasteiger partial charge in [0.15, 0.2) is 37.6 Å². The molecule has 10 fully saturated rings. The Kier molecular flexibility index (Phi) is 22.2. The van der Waals surface area contributed by atoms with E-state index >= 15 is 4.79 Å². The van der Waals surface area contributed by atoms with Crippen LogP contribution >= 0.6 is 0 Å². The van der Waals surface area contributed by atoms with Crippen molar-refractivity contribution >= 4 is 11.9 Å². The topological polar surface area (TPSA) is 529 Å². The Morgan fingerprint density at radius 1 is 0.500 bits per heavy atom. The maximum Gasteiger partial charge on any atom is 0.315 e. The summed E-state index contributed by atoms with van der Waals surface area (Å²) >= 11 is 0. The van der Waals surface area contributed by atoms with Gasteiger partial charge in [-0.2, -0.15) is 0 Å². The number of aliphatic hydroxyl groups is 18. The van der Waals surface area contributed by atoms with Crippen LogP contribution in [0.4, 0.5) is 0 Å². The van der Waals surface area contributed by atoms with E-state index in [1.165, 1.54) is 27.7 Å². The number of carbonyl (C=O) groups excluding carboxylic acids is 1. The van der Waals surface area contributed by atoms with Gasteiger partial charge in [0.05, 0.1) is 61.7 Å².